The van der Waals surface area contributed by atoms with Crippen molar-refractivity contribution >= 4 is 17.6 Å². The number of rotatable bonds is 10. The molecular formula is C38H43N5O4. The van der Waals surface area contributed by atoms with Gasteiger partial charge in [0.25, 0.3) is 0 Å². The van der Waals surface area contributed by atoms with Gasteiger partial charge in [0.15, 0.2) is 0 Å². The van der Waals surface area contributed by atoms with Crippen molar-refractivity contribution < 1.29 is 19.1 Å². The molecule has 0 saturated carbocycles. The zero-order valence-corrected chi connectivity index (χ0v) is 27.6. The number of esters is 1. The number of benzene rings is 3. The first kappa shape index (κ1) is 32.1. The Morgan fingerprint density at radius 1 is 0.872 bits per heavy atom. The van der Waals surface area contributed by atoms with E-state index >= 15 is 0 Å². The maximum atomic E-state index is 13.4. The molecule has 0 saturated heterocycles. The Morgan fingerprint density at radius 3 is 1.98 bits per heavy atom. The summed E-state index contributed by atoms with van der Waals surface area (Å²) in [6.07, 6.45) is 1.51. The lowest BCUT2D eigenvalue weighted by molar-refractivity contribution is 0.0500. The Hall–Kier alpha value is -4.89. The van der Waals surface area contributed by atoms with Crippen molar-refractivity contribution in [1.29, 1.82) is 0 Å². The number of carbonyl (C=O) groups excluding carboxylic acids is 2. The molecule has 0 radical (unpaired) electrons. The van der Waals surface area contributed by atoms with E-state index in [4.69, 9.17) is 14.6 Å². The second kappa shape index (κ2) is 13.5. The average molecular weight is 634 g/mol. The standard InChI is InChI=1S/C38H43N5O4/c1-5-46-35(44)34-30-22-23-32-31(33(30)41-42(34)25-15-24-39-36(45)47-37(2,3)4)26-43(40-32)38(27-16-9-6-10-17-27,28-18-11-7-12-19-28)29-20-13-8-14-21-29/h6-14,16-21,40H,5,15,22-26H2,1-4H3,(H,39,45). The molecule has 1 aliphatic heterocycles. The van der Waals surface area contributed by atoms with Crippen LogP contribution in [0.25, 0.3) is 5.57 Å². The zero-order chi connectivity index (χ0) is 33.0. The van der Waals surface area contributed by atoms with Crippen LogP contribution in [0.3, 0.4) is 0 Å². The Morgan fingerprint density at radius 2 is 1.45 bits per heavy atom. The first-order valence-electron chi connectivity index (χ1n) is 16.4. The van der Waals surface area contributed by atoms with Crippen LogP contribution in [0.4, 0.5) is 4.79 Å². The third-order valence-corrected chi connectivity index (χ3v) is 8.58. The van der Waals surface area contributed by atoms with Crippen molar-refractivity contribution in [2.75, 3.05) is 19.7 Å². The van der Waals surface area contributed by atoms with Crippen molar-refractivity contribution in [3.63, 3.8) is 0 Å². The monoisotopic (exact) mass is 633 g/mol. The predicted molar refractivity (Wildman–Crippen MR) is 181 cm³/mol. The van der Waals surface area contributed by atoms with Gasteiger partial charge in [-0.15, -0.1) is 0 Å². The number of aromatic nitrogens is 2. The first-order chi connectivity index (χ1) is 22.7. The number of nitrogens with one attached hydrogen (secondary N) is 2. The van der Waals surface area contributed by atoms with Gasteiger partial charge >= 0.3 is 12.1 Å². The Balaban J connectivity index is 1.35. The van der Waals surface area contributed by atoms with Crippen LogP contribution in [0.15, 0.2) is 96.7 Å². The highest BCUT2D eigenvalue weighted by atomic mass is 16.6. The molecule has 4 aromatic rings. The Labute approximate surface area is 276 Å². The first-order valence-corrected chi connectivity index (χ1v) is 16.4. The third-order valence-electron chi connectivity index (χ3n) is 8.58. The fraction of sp³-hybridized carbons (Fsp3) is 0.342. The highest BCUT2D eigenvalue weighted by Gasteiger charge is 2.47. The van der Waals surface area contributed by atoms with Crippen LogP contribution in [0.5, 0.6) is 0 Å². The lowest BCUT2D eigenvalue weighted by atomic mass is 9.76. The van der Waals surface area contributed by atoms with E-state index in [1.165, 1.54) is 0 Å². The van der Waals surface area contributed by atoms with Gasteiger partial charge in [-0.3, -0.25) is 4.68 Å². The molecule has 1 aromatic heterocycles. The summed E-state index contributed by atoms with van der Waals surface area (Å²) in [6.45, 7) is 8.98. The van der Waals surface area contributed by atoms with Gasteiger partial charge in [0, 0.05) is 36.5 Å². The van der Waals surface area contributed by atoms with Crippen LogP contribution >= 0.6 is 0 Å². The number of nitrogens with zero attached hydrogens (tertiary/aromatic N) is 3. The molecular weight excluding hydrogens is 590 g/mol. The van der Waals surface area contributed by atoms with Crippen molar-refractivity contribution in [3.05, 3.63) is 130 Å². The summed E-state index contributed by atoms with van der Waals surface area (Å²) in [4.78, 5) is 25.5. The smallest absolute Gasteiger partial charge is 0.407 e. The minimum absolute atomic E-state index is 0.274. The van der Waals surface area contributed by atoms with Crippen LogP contribution in [0.1, 0.15) is 79.0 Å². The molecule has 9 nitrogen and oxygen atoms in total. The summed E-state index contributed by atoms with van der Waals surface area (Å²) in [5, 5.41) is 10.2. The van der Waals surface area contributed by atoms with Gasteiger partial charge in [-0.1, -0.05) is 91.0 Å². The van der Waals surface area contributed by atoms with Gasteiger partial charge in [-0.25, -0.2) is 9.59 Å². The summed E-state index contributed by atoms with van der Waals surface area (Å²) >= 11 is 0. The third kappa shape index (κ3) is 6.40. The zero-order valence-electron chi connectivity index (χ0n) is 27.6. The largest absolute Gasteiger partial charge is 0.461 e. The van der Waals surface area contributed by atoms with Gasteiger partial charge in [0.2, 0.25) is 0 Å². The molecule has 3 aromatic carbocycles. The normalized spacial score (nSPS) is 14.6. The Bertz CT molecular complexity index is 1650. The van der Waals surface area contributed by atoms with Crippen molar-refractivity contribution in [2.45, 2.75) is 64.6 Å². The molecule has 1 amide bonds. The second-order valence-corrected chi connectivity index (χ2v) is 12.9. The van der Waals surface area contributed by atoms with Gasteiger partial charge < -0.3 is 20.2 Å². The number of amides is 1. The number of allylic oxidation sites excluding steroid dienone is 1. The van der Waals surface area contributed by atoms with Crippen molar-refractivity contribution in [3.8, 4) is 0 Å². The van der Waals surface area contributed by atoms with E-state index < -0.39 is 17.2 Å². The number of ether oxygens (including phenoxy) is 2. The minimum Gasteiger partial charge on any atom is -0.461 e. The van der Waals surface area contributed by atoms with Gasteiger partial charge in [0.05, 0.1) is 12.3 Å². The van der Waals surface area contributed by atoms with Crippen molar-refractivity contribution in [1.82, 2.24) is 25.5 Å². The van der Waals surface area contributed by atoms with Crippen LogP contribution in [-0.4, -0.2) is 52.1 Å². The molecule has 9 heteroatoms. The summed E-state index contributed by atoms with van der Waals surface area (Å²) in [5.74, 6) is -0.375. The summed E-state index contributed by atoms with van der Waals surface area (Å²) in [6, 6.07) is 31.8. The van der Waals surface area contributed by atoms with Crippen LogP contribution < -0.4 is 10.7 Å². The summed E-state index contributed by atoms with van der Waals surface area (Å²) in [7, 11) is 0. The molecule has 0 spiro atoms. The molecule has 2 heterocycles. The van der Waals surface area contributed by atoms with Crippen LogP contribution in [-0.2, 0) is 28.0 Å². The van der Waals surface area contributed by atoms with Crippen LogP contribution in [0, 0.1) is 0 Å². The highest BCUT2D eigenvalue weighted by Crippen LogP contribution is 2.46. The average Bonchev–Trinajstić information content (AvgIpc) is 3.66. The molecule has 0 bridgehead atoms. The topological polar surface area (TPSA) is 97.7 Å². The SMILES string of the molecule is CCOC(=O)c1c2c(nn1CCCNC(=O)OC(C)(C)C)C1=C(CC2)NN(C(c2ccccc2)(c2ccccc2)c2ccccc2)C1. The minimum atomic E-state index is -0.652. The molecule has 244 valence electrons. The molecule has 0 unspecified atom stereocenters. The molecule has 0 atom stereocenters. The maximum Gasteiger partial charge on any atom is 0.407 e. The van der Waals surface area contributed by atoms with E-state index in [9.17, 15) is 9.59 Å². The van der Waals surface area contributed by atoms with E-state index in [2.05, 4.69) is 88.5 Å². The number of carbonyl (C=O) groups is 2. The molecule has 6 rings (SSSR count). The van der Waals surface area contributed by atoms with E-state index in [0.717, 1.165) is 45.6 Å². The summed E-state index contributed by atoms with van der Waals surface area (Å²) in [5.41, 5.74) is 10.4. The van der Waals surface area contributed by atoms with E-state index in [-0.39, 0.29) is 12.6 Å². The van der Waals surface area contributed by atoms with Crippen molar-refractivity contribution in [2.24, 2.45) is 0 Å². The van der Waals surface area contributed by atoms with Gasteiger partial charge in [-0.05, 0) is 63.6 Å². The lowest BCUT2D eigenvalue weighted by Gasteiger charge is -2.43. The molecule has 1 aliphatic carbocycles. The predicted octanol–water partition coefficient (Wildman–Crippen LogP) is 6.44. The van der Waals surface area contributed by atoms with E-state index in [1.807, 2.05) is 45.9 Å². The molecule has 47 heavy (non-hydrogen) atoms. The molecule has 2 aliphatic rings. The Kier molecular flexibility index (Phi) is 9.18. The quantitative estimate of drug-likeness (QED) is 0.118. The molecule has 2 N–H and O–H groups in total. The lowest BCUT2D eigenvalue weighted by Crippen LogP contribution is -2.52. The van der Waals surface area contributed by atoms with Gasteiger partial charge in [-0.2, -0.15) is 10.1 Å². The van der Waals surface area contributed by atoms with Crippen LogP contribution in [0.2, 0.25) is 0 Å². The highest BCUT2D eigenvalue weighted by molar-refractivity contribution is 5.92. The van der Waals surface area contributed by atoms with E-state index in [0.29, 0.717) is 38.2 Å². The summed E-state index contributed by atoms with van der Waals surface area (Å²) < 4.78 is 12.6. The molecule has 0 fully saturated rings. The fourth-order valence-corrected chi connectivity index (χ4v) is 6.71. The maximum absolute atomic E-state index is 13.4. The second-order valence-electron chi connectivity index (χ2n) is 12.9. The van der Waals surface area contributed by atoms with E-state index in [1.54, 1.807) is 4.68 Å². The fourth-order valence-electron chi connectivity index (χ4n) is 6.71. The number of fused-ring (bicyclic) bond motifs is 2. The number of hydrogen-bond acceptors (Lipinski definition) is 7. The number of hydrogen-bond donors (Lipinski definition) is 2. The number of alkyl carbamates (subject to hydrolysis) is 1. The number of aryl methyl sites for hydroxylation is 1. The van der Waals surface area contributed by atoms with Gasteiger partial charge in [0.1, 0.15) is 16.8 Å². The number of hydrazine groups is 1.